The normalized spacial score (nSPS) is 10.5. The van der Waals surface area contributed by atoms with Crippen LogP contribution in [0.3, 0.4) is 0 Å². The zero-order chi connectivity index (χ0) is 12.6. The van der Waals surface area contributed by atoms with Crippen LogP contribution in [0, 0.1) is 0 Å². The van der Waals surface area contributed by atoms with Crippen LogP contribution in [0.25, 0.3) is 11.3 Å². The summed E-state index contributed by atoms with van der Waals surface area (Å²) >= 11 is 5.83. The van der Waals surface area contributed by atoms with E-state index in [1.807, 2.05) is 0 Å². The highest BCUT2D eigenvalue weighted by atomic mass is 35.5. The van der Waals surface area contributed by atoms with E-state index in [4.69, 9.17) is 16.7 Å². The van der Waals surface area contributed by atoms with Crippen molar-refractivity contribution in [3.8, 4) is 17.0 Å². The average Bonchev–Trinajstić information content (AvgIpc) is 2.64. The molecule has 2 aromatic rings. The van der Waals surface area contributed by atoms with E-state index in [-0.39, 0.29) is 11.4 Å². The first kappa shape index (κ1) is 11.5. The molecule has 88 valence electrons. The Labute approximate surface area is 102 Å². The van der Waals surface area contributed by atoms with E-state index in [0.29, 0.717) is 16.3 Å². The van der Waals surface area contributed by atoms with Gasteiger partial charge in [-0.3, -0.25) is 4.68 Å². The molecule has 1 aromatic heterocycles. The molecule has 0 spiro atoms. The van der Waals surface area contributed by atoms with Gasteiger partial charge < -0.3 is 10.2 Å². The van der Waals surface area contributed by atoms with Crippen LogP contribution in [-0.4, -0.2) is 26.0 Å². The van der Waals surface area contributed by atoms with Gasteiger partial charge in [0, 0.05) is 17.6 Å². The number of aryl methyl sites for hydroxylation is 1. The Morgan fingerprint density at radius 3 is 2.71 bits per heavy atom. The number of halogens is 1. The van der Waals surface area contributed by atoms with Gasteiger partial charge in [-0.05, 0) is 24.3 Å². The summed E-state index contributed by atoms with van der Waals surface area (Å²) in [5.41, 5.74) is 0.851. The van der Waals surface area contributed by atoms with Gasteiger partial charge in [-0.25, -0.2) is 4.79 Å². The highest BCUT2D eigenvalue weighted by molar-refractivity contribution is 6.30. The van der Waals surface area contributed by atoms with Crippen LogP contribution in [0.5, 0.6) is 5.75 Å². The summed E-state index contributed by atoms with van der Waals surface area (Å²) in [6.45, 7) is 0. The maximum atomic E-state index is 10.8. The minimum Gasteiger partial charge on any atom is -0.507 e. The number of nitrogens with zero attached hydrogens (tertiary/aromatic N) is 2. The van der Waals surface area contributed by atoms with Crippen LogP contribution in [-0.2, 0) is 7.05 Å². The molecule has 1 heterocycles. The fraction of sp³-hybridized carbons (Fsp3) is 0.0909. The number of hydrogen-bond donors (Lipinski definition) is 2. The second-order valence-corrected chi connectivity index (χ2v) is 3.94. The lowest BCUT2D eigenvalue weighted by atomic mass is 10.1. The van der Waals surface area contributed by atoms with Crippen molar-refractivity contribution in [3.63, 3.8) is 0 Å². The van der Waals surface area contributed by atoms with Gasteiger partial charge in [0.2, 0.25) is 0 Å². The highest BCUT2D eigenvalue weighted by Crippen LogP contribution is 2.31. The van der Waals surface area contributed by atoms with Gasteiger partial charge in [-0.1, -0.05) is 11.6 Å². The summed E-state index contributed by atoms with van der Waals surface area (Å²) in [6, 6.07) is 5.94. The van der Waals surface area contributed by atoms with Crippen molar-refractivity contribution in [2.45, 2.75) is 0 Å². The largest absolute Gasteiger partial charge is 0.507 e. The number of aromatic nitrogens is 2. The first-order valence-corrected chi connectivity index (χ1v) is 5.13. The van der Waals surface area contributed by atoms with Crippen LogP contribution in [0.4, 0.5) is 0 Å². The lowest BCUT2D eigenvalue weighted by molar-refractivity contribution is 0.0689. The fourth-order valence-corrected chi connectivity index (χ4v) is 1.71. The van der Waals surface area contributed by atoms with E-state index in [2.05, 4.69) is 5.10 Å². The maximum Gasteiger partial charge on any atom is 0.356 e. The molecule has 17 heavy (non-hydrogen) atoms. The third-order valence-corrected chi connectivity index (χ3v) is 2.57. The van der Waals surface area contributed by atoms with Crippen LogP contribution < -0.4 is 0 Å². The van der Waals surface area contributed by atoms with Crippen LogP contribution in [0.15, 0.2) is 24.3 Å². The van der Waals surface area contributed by atoms with Gasteiger partial charge in [0.25, 0.3) is 0 Å². The minimum absolute atomic E-state index is 0.0225. The zero-order valence-corrected chi connectivity index (χ0v) is 9.64. The number of aromatic hydroxyl groups is 1. The van der Waals surface area contributed by atoms with Crippen molar-refractivity contribution in [2.75, 3.05) is 0 Å². The second kappa shape index (κ2) is 4.10. The molecule has 0 bridgehead atoms. The average molecular weight is 253 g/mol. The van der Waals surface area contributed by atoms with Crippen LogP contribution in [0.2, 0.25) is 5.02 Å². The number of carboxylic acid groups (broad SMARTS) is 1. The Morgan fingerprint density at radius 1 is 1.41 bits per heavy atom. The first-order chi connectivity index (χ1) is 7.99. The molecule has 0 aliphatic rings. The van der Waals surface area contributed by atoms with Gasteiger partial charge in [0.15, 0.2) is 5.69 Å². The molecule has 0 saturated heterocycles. The molecule has 0 amide bonds. The quantitative estimate of drug-likeness (QED) is 0.859. The van der Waals surface area contributed by atoms with Crippen molar-refractivity contribution in [3.05, 3.63) is 35.0 Å². The SMILES string of the molecule is Cn1nc(C(=O)O)cc1-c1cc(Cl)ccc1O. The number of aromatic carboxylic acids is 1. The van der Waals surface area contributed by atoms with Gasteiger partial charge >= 0.3 is 5.97 Å². The molecule has 0 unspecified atom stereocenters. The topological polar surface area (TPSA) is 75.4 Å². The van der Waals surface area contributed by atoms with Crippen molar-refractivity contribution in [1.82, 2.24) is 9.78 Å². The summed E-state index contributed by atoms with van der Waals surface area (Å²) in [7, 11) is 1.60. The van der Waals surface area contributed by atoms with E-state index in [9.17, 15) is 9.90 Å². The van der Waals surface area contributed by atoms with Crippen LogP contribution >= 0.6 is 11.6 Å². The number of carboxylic acids is 1. The maximum absolute atomic E-state index is 10.8. The standard InChI is InChI=1S/C11H9ClN2O3/c1-14-9(5-8(13-14)11(16)17)7-4-6(12)2-3-10(7)15/h2-5,15H,1H3,(H,16,17). The first-order valence-electron chi connectivity index (χ1n) is 4.75. The third-order valence-electron chi connectivity index (χ3n) is 2.33. The smallest absolute Gasteiger partial charge is 0.356 e. The Bertz CT molecular complexity index is 592. The van der Waals surface area contributed by atoms with Gasteiger partial charge in [-0.15, -0.1) is 0 Å². The molecule has 0 aliphatic carbocycles. The number of carbonyl (C=O) groups is 1. The summed E-state index contributed by atoms with van der Waals surface area (Å²) in [5, 5.41) is 22.8. The summed E-state index contributed by atoms with van der Waals surface area (Å²) in [6.07, 6.45) is 0. The van der Waals surface area contributed by atoms with Gasteiger partial charge in [0.05, 0.1) is 5.69 Å². The predicted molar refractivity (Wildman–Crippen MR) is 62.3 cm³/mol. The number of benzene rings is 1. The molecule has 0 aliphatic heterocycles. The molecule has 2 rings (SSSR count). The Morgan fingerprint density at radius 2 is 2.12 bits per heavy atom. The van der Waals surface area contributed by atoms with Crippen molar-refractivity contribution in [1.29, 1.82) is 0 Å². The Balaban J connectivity index is 2.60. The highest BCUT2D eigenvalue weighted by Gasteiger charge is 2.15. The van der Waals surface area contributed by atoms with Gasteiger partial charge in [0.1, 0.15) is 5.75 Å². The van der Waals surface area contributed by atoms with Crippen molar-refractivity contribution < 1.29 is 15.0 Å². The molecule has 0 radical (unpaired) electrons. The Kier molecular flexibility index (Phi) is 2.77. The number of hydrogen-bond acceptors (Lipinski definition) is 3. The molecular weight excluding hydrogens is 244 g/mol. The molecule has 6 heteroatoms. The summed E-state index contributed by atoms with van der Waals surface area (Å²) < 4.78 is 1.38. The second-order valence-electron chi connectivity index (χ2n) is 3.51. The molecular formula is C11H9ClN2O3. The molecule has 0 saturated carbocycles. The molecule has 0 fully saturated rings. The fourth-order valence-electron chi connectivity index (χ4n) is 1.54. The van der Waals surface area contributed by atoms with Gasteiger partial charge in [-0.2, -0.15) is 5.10 Å². The monoisotopic (exact) mass is 252 g/mol. The number of phenols is 1. The van der Waals surface area contributed by atoms with E-state index < -0.39 is 5.97 Å². The van der Waals surface area contributed by atoms with E-state index in [0.717, 1.165) is 0 Å². The lowest BCUT2D eigenvalue weighted by Gasteiger charge is -2.04. The number of phenolic OH excluding ortho intramolecular Hbond substituents is 1. The van der Waals surface area contributed by atoms with Crippen molar-refractivity contribution in [2.24, 2.45) is 7.05 Å². The Hall–Kier alpha value is -2.01. The molecule has 1 aromatic carbocycles. The summed E-state index contributed by atoms with van der Waals surface area (Å²) in [4.78, 5) is 10.8. The predicted octanol–water partition coefficient (Wildman–Crippen LogP) is 2.14. The number of rotatable bonds is 2. The lowest BCUT2D eigenvalue weighted by Crippen LogP contribution is -1.99. The van der Waals surface area contributed by atoms with E-state index in [1.165, 1.54) is 16.8 Å². The van der Waals surface area contributed by atoms with Crippen molar-refractivity contribution >= 4 is 17.6 Å². The third kappa shape index (κ3) is 2.09. The zero-order valence-electron chi connectivity index (χ0n) is 8.88. The molecule has 5 nitrogen and oxygen atoms in total. The van der Waals surface area contributed by atoms with E-state index >= 15 is 0 Å². The van der Waals surface area contributed by atoms with Crippen LogP contribution in [0.1, 0.15) is 10.5 Å². The minimum atomic E-state index is -1.12. The molecule has 2 N–H and O–H groups in total. The van der Waals surface area contributed by atoms with E-state index in [1.54, 1.807) is 19.2 Å². The molecule has 0 atom stereocenters. The summed E-state index contributed by atoms with van der Waals surface area (Å²) in [5.74, 6) is -1.09.